The van der Waals surface area contributed by atoms with E-state index < -0.39 is 16.2 Å². The van der Waals surface area contributed by atoms with E-state index in [1.54, 1.807) is 0 Å². The summed E-state index contributed by atoms with van der Waals surface area (Å²) in [6, 6.07) is 1.48. The minimum atomic E-state index is -3.58. The maximum Gasteiger partial charge on any atom is 0.301 e. The van der Waals surface area contributed by atoms with Crippen molar-refractivity contribution in [3.8, 4) is 0 Å². The lowest BCUT2D eigenvalue weighted by Gasteiger charge is -2.02. The Labute approximate surface area is 87.8 Å². The van der Waals surface area contributed by atoms with Crippen molar-refractivity contribution in [2.45, 2.75) is 30.1 Å². The minimum absolute atomic E-state index is 0.161. The summed E-state index contributed by atoms with van der Waals surface area (Å²) in [6.07, 6.45) is 0.106. The molecule has 0 fully saturated rings. The third kappa shape index (κ3) is 1.37. The fourth-order valence-electron chi connectivity index (χ4n) is 1.44. The monoisotopic (exact) mass is 234 g/mol. The SMILES string of the molecule is CCC1OS(=O)(=O)c2cc(CS)oc21. The van der Waals surface area contributed by atoms with E-state index in [1.807, 2.05) is 6.92 Å². The van der Waals surface area contributed by atoms with Gasteiger partial charge in [-0.25, -0.2) is 0 Å². The van der Waals surface area contributed by atoms with Crippen LogP contribution in [0.3, 0.4) is 0 Å². The molecule has 1 aromatic rings. The van der Waals surface area contributed by atoms with E-state index in [1.165, 1.54) is 6.07 Å². The van der Waals surface area contributed by atoms with Gasteiger partial charge in [-0.2, -0.15) is 21.0 Å². The van der Waals surface area contributed by atoms with Crippen LogP contribution in [0.2, 0.25) is 0 Å². The van der Waals surface area contributed by atoms with Crippen LogP contribution in [0.25, 0.3) is 0 Å². The van der Waals surface area contributed by atoms with Gasteiger partial charge in [0.2, 0.25) is 0 Å². The highest BCUT2D eigenvalue weighted by Gasteiger charge is 2.38. The topological polar surface area (TPSA) is 56.5 Å². The number of hydrogen-bond acceptors (Lipinski definition) is 5. The van der Waals surface area contributed by atoms with Gasteiger partial charge in [0.1, 0.15) is 16.8 Å². The van der Waals surface area contributed by atoms with Crippen LogP contribution in [0.4, 0.5) is 0 Å². The minimum Gasteiger partial charge on any atom is -0.461 e. The van der Waals surface area contributed by atoms with E-state index in [9.17, 15) is 8.42 Å². The predicted molar refractivity (Wildman–Crippen MR) is 52.7 cm³/mol. The molecular formula is C8H10O4S2. The summed E-state index contributed by atoms with van der Waals surface area (Å²) in [6.45, 7) is 1.85. The number of furan rings is 1. The van der Waals surface area contributed by atoms with Crippen molar-refractivity contribution in [3.05, 3.63) is 17.6 Å². The van der Waals surface area contributed by atoms with Crippen molar-refractivity contribution in [1.82, 2.24) is 0 Å². The third-order valence-corrected chi connectivity index (χ3v) is 3.76. The summed E-state index contributed by atoms with van der Waals surface area (Å²) in [4.78, 5) is 0.161. The molecule has 1 aromatic heterocycles. The second kappa shape index (κ2) is 3.29. The summed E-state index contributed by atoms with van der Waals surface area (Å²) in [5.41, 5.74) is 0. The van der Waals surface area contributed by atoms with Crippen molar-refractivity contribution < 1.29 is 17.0 Å². The van der Waals surface area contributed by atoms with Gasteiger partial charge in [0.05, 0.1) is 0 Å². The molecule has 1 unspecified atom stereocenters. The molecular weight excluding hydrogens is 224 g/mol. The fourth-order valence-corrected chi connectivity index (χ4v) is 2.92. The van der Waals surface area contributed by atoms with E-state index in [2.05, 4.69) is 12.6 Å². The van der Waals surface area contributed by atoms with Crippen LogP contribution >= 0.6 is 12.6 Å². The van der Waals surface area contributed by atoms with Crippen LogP contribution in [0.1, 0.15) is 31.0 Å². The molecule has 0 saturated heterocycles. The molecule has 14 heavy (non-hydrogen) atoms. The second-order valence-corrected chi connectivity index (χ2v) is 4.90. The maximum atomic E-state index is 11.4. The van der Waals surface area contributed by atoms with Crippen molar-refractivity contribution in [2.24, 2.45) is 0 Å². The average Bonchev–Trinajstić information content (AvgIpc) is 2.66. The quantitative estimate of drug-likeness (QED) is 0.627. The average molecular weight is 234 g/mol. The number of hydrogen-bond donors (Lipinski definition) is 1. The van der Waals surface area contributed by atoms with E-state index in [0.717, 1.165) is 0 Å². The van der Waals surface area contributed by atoms with Gasteiger partial charge in [-0.15, -0.1) is 0 Å². The lowest BCUT2D eigenvalue weighted by atomic mass is 10.2. The first-order valence-electron chi connectivity index (χ1n) is 4.25. The van der Waals surface area contributed by atoms with Crippen LogP contribution in [-0.4, -0.2) is 8.42 Å². The van der Waals surface area contributed by atoms with E-state index >= 15 is 0 Å². The van der Waals surface area contributed by atoms with Crippen molar-refractivity contribution in [1.29, 1.82) is 0 Å². The molecule has 78 valence electrons. The predicted octanol–water partition coefficient (Wildman–Crippen LogP) is 1.88. The van der Waals surface area contributed by atoms with Gasteiger partial charge in [0.15, 0.2) is 5.76 Å². The van der Waals surface area contributed by atoms with Gasteiger partial charge in [-0.3, -0.25) is 4.18 Å². The molecule has 0 aromatic carbocycles. The van der Waals surface area contributed by atoms with Crippen LogP contribution in [0.5, 0.6) is 0 Å². The van der Waals surface area contributed by atoms with Crippen molar-refractivity contribution in [2.75, 3.05) is 0 Å². The molecule has 0 N–H and O–H groups in total. The van der Waals surface area contributed by atoms with Crippen LogP contribution in [0, 0.1) is 0 Å². The van der Waals surface area contributed by atoms with E-state index in [0.29, 0.717) is 23.7 Å². The maximum absolute atomic E-state index is 11.4. The molecule has 0 spiro atoms. The Morgan fingerprint density at radius 2 is 2.29 bits per heavy atom. The van der Waals surface area contributed by atoms with E-state index in [-0.39, 0.29) is 4.90 Å². The molecule has 0 bridgehead atoms. The van der Waals surface area contributed by atoms with Gasteiger partial charge < -0.3 is 4.42 Å². The Morgan fingerprint density at radius 3 is 2.86 bits per heavy atom. The zero-order valence-electron chi connectivity index (χ0n) is 7.56. The second-order valence-electron chi connectivity index (χ2n) is 3.05. The highest BCUT2D eigenvalue weighted by Crippen LogP contribution is 2.40. The van der Waals surface area contributed by atoms with Crippen LogP contribution in [-0.2, 0) is 20.1 Å². The number of fused-ring (bicyclic) bond motifs is 1. The van der Waals surface area contributed by atoms with Crippen molar-refractivity contribution in [3.63, 3.8) is 0 Å². The van der Waals surface area contributed by atoms with E-state index in [4.69, 9.17) is 8.60 Å². The molecule has 6 heteroatoms. The molecule has 2 heterocycles. The third-order valence-electron chi connectivity index (χ3n) is 2.11. The standard InChI is InChI=1S/C8H10O4S2/c1-2-6-8-7(14(9,10)12-6)3-5(4-13)11-8/h3,6,13H,2,4H2,1H3. The fraction of sp³-hybridized carbons (Fsp3) is 0.500. The number of thiol groups is 1. The molecule has 1 aliphatic heterocycles. The summed E-state index contributed by atoms with van der Waals surface area (Å²) in [5.74, 6) is 1.36. The van der Waals surface area contributed by atoms with Gasteiger partial charge in [-0.1, -0.05) is 6.92 Å². The summed E-state index contributed by atoms with van der Waals surface area (Å²) < 4.78 is 33.1. The van der Waals surface area contributed by atoms with Crippen LogP contribution < -0.4 is 0 Å². The zero-order valence-corrected chi connectivity index (χ0v) is 9.27. The Morgan fingerprint density at radius 1 is 1.57 bits per heavy atom. The molecule has 2 rings (SSSR count). The largest absolute Gasteiger partial charge is 0.461 e. The Hall–Kier alpha value is -0.460. The molecule has 1 atom stereocenters. The smallest absolute Gasteiger partial charge is 0.301 e. The van der Waals surface area contributed by atoms with Gasteiger partial charge in [0, 0.05) is 11.8 Å². The molecule has 4 nitrogen and oxygen atoms in total. The zero-order chi connectivity index (χ0) is 10.3. The number of rotatable bonds is 2. The first-order chi connectivity index (χ1) is 6.58. The highest BCUT2D eigenvalue weighted by atomic mass is 32.2. The van der Waals surface area contributed by atoms with Gasteiger partial charge >= 0.3 is 10.1 Å². The molecule has 0 aliphatic carbocycles. The molecule has 0 saturated carbocycles. The first-order valence-corrected chi connectivity index (χ1v) is 6.29. The molecule has 0 amide bonds. The van der Waals surface area contributed by atoms with Crippen molar-refractivity contribution >= 4 is 22.7 Å². The normalized spacial score (nSPS) is 23.7. The lowest BCUT2D eigenvalue weighted by molar-refractivity contribution is 0.194. The molecule has 0 radical (unpaired) electrons. The lowest BCUT2D eigenvalue weighted by Crippen LogP contribution is -1.99. The Balaban J connectivity index is 2.56. The highest BCUT2D eigenvalue weighted by molar-refractivity contribution is 7.87. The van der Waals surface area contributed by atoms with Gasteiger partial charge in [0.25, 0.3) is 0 Å². The summed E-state index contributed by atoms with van der Waals surface area (Å²) >= 11 is 4.02. The molecule has 1 aliphatic rings. The Kier molecular flexibility index (Phi) is 2.36. The summed E-state index contributed by atoms with van der Waals surface area (Å²) in [5, 5.41) is 0. The first kappa shape index (κ1) is 10.1. The van der Waals surface area contributed by atoms with Gasteiger partial charge in [-0.05, 0) is 6.42 Å². The Bertz CT molecular complexity index is 446. The summed E-state index contributed by atoms with van der Waals surface area (Å²) in [7, 11) is -3.58. The van der Waals surface area contributed by atoms with Crippen LogP contribution in [0.15, 0.2) is 15.4 Å².